The van der Waals surface area contributed by atoms with Gasteiger partial charge in [-0.15, -0.1) is 0 Å². The molecule has 0 saturated carbocycles. The largest absolute Gasteiger partial charge is 0.378 e. The summed E-state index contributed by atoms with van der Waals surface area (Å²) < 4.78 is 12.0. The molecular formula is C15H27NO2S. The number of ether oxygens (including phenoxy) is 2. The van der Waals surface area contributed by atoms with Crippen molar-refractivity contribution in [1.29, 1.82) is 0 Å². The van der Waals surface area contributed by atoms with Crippen LogP contribution in [-0.2, 0) is 9.47 Å². The fourth-order valence-corrected chi connectivity index (χ4v) is 5.31. The van der Waals surface area contributed by atoms with E-state index >= 15 is 0 Å². The van der Waals surface area contributed by atoms with E-state index in [0.717, 1.165) is 19.1 Å². The second kappa shape index (κ2) is 6.33. The summed E-state index contributed by atoms with van der Waals surface area (Å²) in [6, 6.07) is 0.606. The van der Waals surface area contributed by atoms with Crippen molar-refractivity contribution in [3.05, 3.63) is 0 Å². The Kier molecular flexibility index (Phi) is 4.73. The Labute approximate surface area is 121 Å². The maximum absolute atomic E-state index is 6.14. The SMILES string of the molecule is CNC(CC1CCCO1)C1CCOC2(CCSC2)C1. The van der Waals surface area contributed by atoms with E-state index in [9.17, 15) is 0 Å². The second-order valence-electron chi connectivity index (χ2n) is 6.35. The van der Waals surface area contributed by atoms with Gasteiger partial charge in [-0.2, -0.15) is 11.8 Å². The lowest BCUT2D eigenvalue weighted by Crippen LogP contribution is -2.47. The molecule has 3 aliphatic rings. The Balaban J connectivity index is 1.58. The first-order chi connectivity index (χ1) is 9.31. The van der Waals surface area contributed by atoms with E-state index in [1.807, 2.05) is 0 Å². The van der Waals surface area contributed by atoms with Crippen molar-refractivity contribution < 1.29 is 9.47 Å². The third-order valence-corrected chi connectivity index (χ3v) is 6.30. The predicted octanol–water partition coefficient (Wildman–Crippen LogP) is 2.45. The first-order valence-electron chi connectivity index (χ1n) is 7.82. The number of rotatable bonds is 4. The molecule has 110 valence electrons. The summed E-state index contributed by atoms with van der Waals surface area (Å²) in [7, 11) is 2.12. The van der Waals surface area contributed by atoms with Crippen LogP contribution in [0, 0.1) is 5.92 Å². The molecule has 0 aromatic heterocycles. The van der Waals surface area contributed by atoms with Crippen LogP contribution in [0.4, 0.5) is 0 Å². The third kappa shape index (κ3) is 3.29. The third-order valence-electron chi connectivity index (χ3n) is 5.08. The summed E-state index contributed by atoms with van der Waals surface area (Å²) in [5.41, 5.74) is 0.208. The minimum absolute atomic E-state index is 0.208. The zero-order chi connectivity index (χ0) is 13.1. The van der Waals surface area contributed by atoms with Crippen LogP contribution >= 0.6 is 11.8 Å². The Hall–Kier alpha value is 0.230. The van der Waals surface area contributed by atoms with Gasteiger partial charge in [0.05, 0.1) is 11.7 Å². The zero-order valence-corrected chi connectivity index (χ0v) is 12.8. The zero-order valence-electron chi connectivity index (χ0n) is 12.0. The van der Waals surface area contributed by atoms with E-state index in [4.69, 9.17) is 9.47 Å². The van der Waals surface area contributed by atoms with Crippen LogP contribution < -0.4 is 5.32 Å². The fraction of sp³-hybridized carbons (Fsp3) is 1.00. The average molecular weight is 285 g/mol. The molecule has 1 spiro atoms. The summed E-state index contributed by atoms with van der Waals surface area (Å²) in [5, 5.41) is 3.56. The monoisotopic (exact) mass is 285 g/mol. The topological polar surface area (TPSA) is 30.5 Å². The molecule has 0 radical (unpaired) electrons. The molecule has 3 nitrogen and oxygen atoms in total. The Morgan fingerprint density at radius 3 is 3.00 bits per heavy atom. The average Bonchev–Trinajstić information content (AvgIpc) is 3.08. The minimum Gasteiger partial charge on any atom is -0.378 e. The highest BCUT2D eigenvalue weighted by Gasteiger charge is 2.42. The molecule has 3 fully saturated rings. The lowest BCUT2D eigenvalue weighted by atomic mass is 9.79. The lowest BCUT2D eigenvalue weighted by Gasteiger charge is -2.41. The van der Waals surface area contributed by atoms with E-state index in [0.29, 0.717) is 12.1 Å². The van der Waals surface area contributed by atoms with Crippen molar-refractivity contribution in [3.8, 4) is 0 Å². The van der Waals surface area contributed by atoms with Gasteiger partial charge in [-0.25, -0.2) is 0 Å². The molecule has 3 rings (SSSR count). The fourth-order valence-electron chi connectivity index (χ4n) is 3.93. The van der Waals surface area contributed by atoms with Gasteiger partial charge >= 0.3 is 0 Å². The Morgan fingerprint density at radius 1 is 1.37 bits per heavy atom. The van der Waals surface area contributed by atoms with Crippen molar-refractivity contribution in [1.82, 2.24) is 5.32 Å². The normalized spacial score (nSPS) is 40.9. The predicted molar refractivity (Wildman–Crippen MR) is 79.8 cm³/mol. The molecule has 19 heavy (non-hydrogen) atoms. The molecule has 4 unspecified atom stereocenters. The van der Waals surface area contributed by atoms with Gasteiger partial charge < -0.3 is 14.8 Å². The van der Waals surface area contributed by atoms with Gasteiger partial charge in [0, 0.05) is 25.0 Å². The van der Waals surface area contributed by atoms with Crippen molar-refractivity contribution in [3.63, 3.8) is 0 Å². The van der Waals surface area contributed by atoms with E-state index in [1.54, 1.807) is 0 Å². The molecule has 1 N–H and O–H groups in total. The van der Waals surface area contributed by atoms with Crippen molar-refractivity contribution in [2.24, 2.45) is 5.92 Å². The van der Waals surface area contributed by atoms with Crippen molar-refractivity contribution >= 4 is 11.8 Å². The highest BCUT2D eigenvalue weighted by atomic mass is 32.2. The van der Waals surface area contributed by atoms with Crippen LogP contribution in [0.5, 0.6) is 0 Å². The Morgan fingerprint density at radius 2 is 2.32 bits per heavy atom. The first-order valence-corrected chi connectivity index (χ1v) is 8.97. The van der Waals surface area contributed by atoms with Gasteiger partial charge in [0.15, 0.2) is 0 Å². The van der Waals surface area contributed by atoms with Crippen LogP contribution in [0.3, 0.4) is 0 Å². The first kappa shape index (κ1) is 14.2. The van der Waals surface area contributed by atoms with Gasteiger partial charge in [0.1, 0.15) is 0 Å². The standard InChI is InChI=1S/C15H27NO2S/c1-16-14(9-13-3-2-6-17-13)12-4-7-18-15(10-12)5-8-19-11-15/h12-14,16H,2-11H2,1H3. The van der Waals surface area contributed by atoms with Crippen LogP contribution in [0.25, 0.3) is 0 Å². The van der Waals surface area contributed by atoms with Crippen molar-refractivity contribution in [2.75, 3.05) is 31.8 Å². The molecule has 0 aromatic rings. The highest BCUT2D eigenvalue weighted by molar-refractivity contribution is 7.99. The van der Waals surface area contributed by atoms with Crippen molar-refractivity contribution in [2.45, 2.75) is 56.3 Å². The molecule has 0 bridgehead atoms. The smallest absolute Gasteiger partial charge is 0.0783 e. The van der Waals surface area contributed by atoms with Gasteiger partial charge in [0.2, 0.25) is 0 Å². The maximum atomic E-state index is 6.14. The molecule has 3 aliphatic heterocycles. The van der Waals surface area contributed by atoms with Gasteiger partial charge in [-0.3, -0.25) is 0 Å². The number of nitrogens with one attached hydrogen (secondary N) is 1. The molecule has 0 aromatic carbocycles. The van der Waals surface area contributed by atoms with Crippen LogP contribution in [-0.4, -0.2) is 49.5 Å². The van der Waals surface area contributed by atoms with Gasteiger partial charge in [0.25, 0.3) is 0 Å². The van der Waals surface area contributed by atoms with Gasteiger partial charge in [-0.05, 0) is 57.2 Å². The van der Waals surface area contributed by atoms with Crippen LogP contribution in [0.2, 0.25) is 0 Å². The van der Waals surface area contributed by atoms with E-state index in [-0.39, 0.29) is 5.60 Å². The molecular weight excluding hydrogens is 258 g/mol. The number of hydrogen-bond acceptors (Lipinski definition) is 4. The van der Waals surface area contributed by atoms with E-state index < -0.39 is 0 Å². The minimum atomic E-state index is 0.208. The second-order valence-corrected chi connectivity index (χ2v) is 7.46. The molecule has 0 amide bonds. The quantitative estimate of drug-likeness (QED) is 0.859. The highest BCUT2D eigenvalue weighted by Crippen LogP contribution is 2.42. The van der Waals surface area contributed by atoms with Gasteiger partial charge in [-0.1, -0.05) is 0 Å². The summed E-state index contributed by atoms with van der Waals surface area (Å²) in [5.74, 6) is 3.25. The summed E-state index contributed by atoms with van der Waals surface area (Å²) in [6.45, 7) is 1.92. The van der Waals surface area contributed by atoms with Crippen LogP contribution in [0.1, 0.15) is 38.5 Å². The Bertz CT molecular complexity index is 288. The lowest BCUT2D eigenvalue weighted by molar-refractivity contribution is -0.0870. The summed E-state index contributed by atoms with van der Waals surface area (Å²) in [4.78, 5) is 0. The van der Waals surface area contributed by atoms with E-state index in [1.165, 1.54) is 50.0 Å². The van der Waals surface area contributed by atoms with Crippen LogP contribution in [0.15, 0.2) is 0 Å². The summed E-state index contributed by atoms with van der Waals surface area (Å²) in [6.07, 6.45) is 7.89. The molecule has 4 atom stereocenters. The molecule has 0 aliphatic carbocycles. The maximum Gasteiger partial charge on any atom is 0.0783 e. The van der Waals surface area contributed by atoms with E-state index in [2.05, 4.69) is 24.1 Å². The molecule has 4 heteroatoms. The molecule has 3 saturated heterocycles. The molecule has 3 heterocycles. The number of hydrogen-bond donors (Lipinski definition) is 1. The number of thioether (sulfide) groups is 1. The summed E-state index contributed by atoms with van der Waals surface area (Å²) >= 11 is 2.06.